The van der Waals surface area contributed by atoms with Crippen LogP contribution in [0, 0.1) is 18.3 Å². The van der Waals surface area contributed by atoms with Gasteiger partial charge in [-0.25, -0.2) is 0 Å². The van der Waals surface area contributed by atoms with Gasteiger partial charge in [0, 0.05) is 48.4 Å². The summed E-state index contributed by atoms with van der Waals surface area (Å²) in [5.41, 5.74) is 0.592. The highest BCUT2D eigenvalue weighted by Crippen LogP contribution is 2.36. The first kappa shape index (κ1) is 23.3. The molecule has 2 heterocycles. The molecule has 1 fully saturated rings. The molecule has 9 heteroatoms. The van der Waals surface area contributed by atoms with Crippen LogP contribution < -0.4 is 16.0 Å². The maximum absolute atomic E-state index is 13.7. The summed E-state index contributed by atoms with van der Waals surface area (Å²) in [6.45, 7) is 3.51. The zero-order valence-electron chi connectivity index (χ0n) is 17.6. The van der Waals surface area contributed by atoms with E-state index in [1.807, 2.05) is 0 Å². The van der Waals surface area contributed by atoms with E-state index in [4.69, 9.17) is 6.42 Å². The first-order chi connectivity index (χ1) is 15.1. The van der Waals surface area contributed by atoms with Crippen LogP contribution in [0.4, 0.5) is 13.2 Å². The predicted molar refractivity (Wildman–Crippen MR) is 112 cm³/mol. The Kier molecular flexibility index (Phi) is 6.84. The Balaban J connectivity index is 1.94. The Labute approximate surface area is 184 Å². The summed E-state index contributed by atoms with van der Waals surface area (Å²) >= 11 is 0. The summed E-state index contributed by atoms with van der Waals surface area (Å²) in [5, 5.41) is 8.34. The SMILES string of the molecule is C#Cc1cncc(C2CC(=O)NC(c3cc(CNC(=O)C(C)C)ccc3C(F)(F)F)N2)c1. The van der Waals surface area contributed by atoms with Crippen LogP contribution in [0.15, 0.2) is 36.7 Å². The molecule has 0 saturated carbocycles. The second kappa shape index (κ2) is 9.40. The number of halogens is 3. The van der Waals surface area contributed by atoms with Crippen molar-refractivity contribution in [2.45, 2.75) is 45.2 Å². The standard InChI is InChI=1S/C23H23F3N4O2/c1-4-14-7-16(12-27-10-14)19-9-20(31)30-21(29-19)17-8-15(11-28-22(32)13(2)3)5-6-18(17)23(24,25)26/h1,5-8,10,12-13,19,21,29H,9,11H2,2-3H3,(H,28,32)(H,30,31). The number of pyridine rings is 1. The summed E-state index contributed by atoms with van der Waals surface area (Å²) < 4.78 is 41.2. The van der Waals surface area contributed by atoms with Gasteiger partial charge in [-0.1, -0.05) is 25.8 Å². The molecule has 1 aromatic carbocycles. The molecule has 1 aromatic heterocycles. The average Bonchev–Trinajstić information content (AvgIpc) is 2.76. The number of alkyl halides is 3. The van der Waals surface area contributed by atoms with E-state index >= 15 is 0 Å². The van der Waals surface area contributed by atoms with E-state index in [9.17, 15) is 22.8 Å². The van der Waals surface area contributed by atoms with Crippen LogP contribution in [-0.4, -0.2) is 16.8 Å². The van der Waals surface area contributed by atoms with Gasteiger partial charge in [0.05, 0.1) is 5.56 Å². The fourth-order valence-electron chi connectivity index (χ4n) is 3.43. The third-order valence-corrected chi connectivity index (χ3v) is 5.11. The fraction of sp³-hybridized carbons (Fsp3) is 0.348. The fourth-order valence-corrected chi connectivity index (χ4v) is 3.43. The molecular formula is C23H23F3N4O2. The molecule has 6 nitrogen and oxygen atoms in total. The number of carbonyl (C=O) groups is 2. The molecule has 2 aromatic rings. The Morgan fingerprint density at radius 1 is 1.31 bits per heavy atom. The van der Waals surface area contributed by atoms with E-state index in [1.54, 1.807) is 19.9 Å². The van der Waals surface area contributed by atoms with Crippen molar-refractivity contribution in [1.29, 1.82) is 0 Å². The number of benzene rings is 1. The molecule has 3 N–H and O–H groups in total. The lowest BCUT2D eigenvalue weighted by Crippen LogP contribution is -2.47. The van der Waals surface area contributed by atoms with Gasteiger partial charge >= 0.3 is 6.18 Å². The van der Waals surface area contributed by atoms with E-state index in [0.29, 0.717) is 16.7 Å². The van der Waals surface area contributed by atoms with E-state index in [1.165, 1.54) is 24.5 Å². The zero-order chi connectivity index (χ0) is 23.5. The number of terminal acetylenes is 1. The maximum atomic E-state index is 13.7. The number of hydrogen-bond acceptors (Lipinski definition) is 4. The van der Waals surface area contributed by atoms with Crippen LogP contribution in [0.2, 0.25) is 0 Å². The smallest absolute Gasteiger partial charge is 0.352 e. The normalized spacial score (nSPS) is 18.7. The molecule has 3 rings (SSSR count). The highest BCUT2D eigenvalue weighted by molar-refractivity contribution is 5.78. The van der Waals surface area contributed by atoms with Gasteiger partial charge in [-0.15, -0.1) is 6.42 Å². The third-order valence-electron chi connectivity index (χ3n) is 5.11. The quantitative estimate of drug-likeness (QED) is 0.619. The van der Waals surface area contributed by atoms with Crippen LogP contribution >= 0.6 is 0 Å². The molecule has 1 aliphatic rings. The Morgan fingerprint density at radius 2 is 2.06 bits per heavy atom. The van der Waals surface area contributed by atoms with Crippen molar-refractivity contribution in [3.8, 4) is 12.3 Å². The molecule has 0 bridgehead atoms. The molecule has 1 aliphatic heterocycles. The van der Waals surface area contributed by atoms with Gasteiger partial charge in [-0.2, -0.15) is 13.2 Å². The Hall–Kier alpha value is -3.38. The van der Waals surface area contributed by atoms with Crippen molar-refractivity contribution in [2.75, 3.05) is 0 Å². The number of aromatic nitrogens is 1. The number of carbonyl (C=O) groups excluding carboxylic acids is 2. The molecule has 2 amide bonds. The monoisotopic (exact) mass is 444 g/mol. The van der Waals surface area contributed by atoms with Gasteiger partial charge in [0.2, 0.25) is 11.8 Å². The molecule has 2 atom stereocenters. The average molecular weight is 444 g/mol. The molecule has 0 spiro atoms. The molecule has 0 aliphatic carbocycles. The Bertz CT molecular complexity index is 1060. The van der Waals surface area contributed by atoms with Gasteiger partial charge in [0.25, 0.3) is 0 Å². The molecule has 168 valence electrons. The number of nitrogens with one attached hydrogen (secondary N) is 3. The highest BCUT2D eigenvalue weighted by atomic mass is 19.4. The van der Waals surface area contributed by atoms with Crippen molar-refractivity contribution in [2.24, 2.45) is 5.92 Å². The molecule has 1 saturated heterocycles. The van der Waals surface area contributed by atoms with E-state index in [2.05, 4.69) is 26.9 Å². The van der Waals surface area contributed by atoms with E-state index in [0.717, 1.165) is 6.07 Å². The summed E-state index contributed by atoms with van der Waals surface area (Å²) in [5.74, 6) is 1.58. The minimum absolute atomic E-state index is 0.0255. The molecular weight excluding hydrogens is 421 g/mol. The van der Waals surface area contributed by atoms with Gasteiger partial charge in [0.15, 0.2) is 0 Å². The largest absolute Gasteiger partial charge is 0.416 e. The summed E-state index contributed by atoms with van der Waals surface area (Å²) in [6.07, 6.45) is 2.72. The number of nitrogens with zero attached hydrogens (tertiary/aromatic N) is 1. The second-order valence-corrected chi connectivity index (χ2v) is 7.87. The van der Waals surface area contributed by atoms with Gasteiger partial charge < -0.3 is 10.6 Å². The lowest BCUT2D eigenvalue weighted by molar-refractivity contribution is -0.139. The van der Waals surface area contributed by atoms with Crippen LogP contribution in [0.1, 0.15) is 60.3 Å². The van der Waals surface area contributed by atoms with Crippen molar-refractivity contribution < 1.29 is 22.8 Å². The highest BCUT2D eigenvalue weighted by Gasteiger charge is 2.38. The van der Waals surface area contributed by atoms with Crippen LogP contribution in [0.5, 0.6) is 0 Å². The lowest BCUT2D eigenvalue weighted by Gasteiger charge is -2.33. The minimum atomic E-state index is -4.63. The summed E-state index contributed by atoms with van der Waals surface area (Å²) in [6, 6.07) is 4.72. The van der Waals surface area contributed by atoms with E-state index < -0.39 is 29.9 Å². The molecule has 0 radical (unpaired) electrons. The summed E-state index contributed by atoms with van der Waals surface area (Å²) in [7, 11) is 0. The Morgan fingerprint density at radius 3 is 2.72 bits per heavy atom. The topological polar surface area (TPSA) is 83.1 Å². The maximum Gasteiger partial charge on any atom is 0.416 e. The van der Waals surface area contributed by atoms with E-state index in [-0.39, 0.29) is 30.4 Å². The second-order valence-electron chi connectivity index (χ2n) is 7.87. The lowest BCUT2D eigenvalue weighted by atomic mass is 9.95. The minimum Gasteiger partial charge on any atom is -0.352 e. The molecule has 32 heavy (non-hydrogen) atoms. The van der Waals surface area contributed by atoms with Gasteiger partial charge in [-0.05, 0) is 29.3 Å². The van der Waals surface area contributed by atoms with Crippen LogP contribution in [0.25, 0.3) is 0 Å². The van der Waals surface area contributed by atoms with Crippen LogP contribution in [-0.2, 0) is 22.3 Å². The first-order valence-corrected chi connectivity index (χ1v) is 10.0. The van der Waals surface area contributed by atoms with Crippen molar-refractivity contribution >= 4 is 11.8 Å². The van der Waals surface area contributed by atoms with Gasteiger partial charge in [-0.3, -0.25) is 19.9 Å². The van der Waals surface area contributed by atoms with Crippen molar-refractivity contribution in [3.63, 3.8) is 0 Å². The van der Waals surface area contributed by atoms with Crippen LogP contribution in [0.3, 0.4) is 0 Å². The molecule has 2 unspecified atom stereocenters. The predicted octanol–water partition coefficient (Wildman–Crippen LogP) is 3.20. The third kappa shape index (κ3) is 5.45. The number of hydrogen-bond donors (Lipinski definition) is 3. The first-order valence-electron chi connectivity index (χ1n) is 10.0. The van der Waals surface area contributed by atoms with Crippen molar-refractivity contribution in [3.05, 3.63) is 64.5 Å². The van der Waals surface area contributed by atoms with Crippen molar-refractivity contribution in [1.82, 2.24) is 20.9 Å². The summed E-state index contributed by atoms with van der Waals surface area (Å²) in [4.78, 5) is 28.3. The number of amides is 2. The zero-order valence-corrected chi connectivity index (χ0v) is 17.6. The van der Waals surface area contributed by atoms with Gasteiger partial charge in [0.1, 0.15) is 6.17 Å². The number of rotatable bonds is 5.